The largest absolute Gasteiger partial charge is 0.459 e. The van der Waals surface area contributed by atoms with E-state index < -0.39 is 47.4 Å². The van der Waals surface area contributed by atoms with Gasteiger partial charge in [0.05, 0.1) is 15.6 Å². The third-order valence-electron chi connectivity index (χ3n) is 2.81. The molecule has 1 unspecified atom stereocenters. The van der Waals surface area contributed by atoms with Crippen molar-refractivity contribution >= 4 is 48.9 Å². The molecule has 1 aromatic rings. The summed E-state index contributed by atoms with van der Waals surface area (Å²) in [5.74, 6) is -2.08. The summed E-state index contributed by atoms with van der Waals surface area (Å²) in [6, 6.07) is 0.714. The van der Waals surface area contributed by atoms with E-state index >= 15 is 0 Å². The van der Waals surface area contributed by atoms with Crippen LogP contribution in [0.1, 0.15) is 31.1 Å². The number of rotatable bonds is 4. The zero-order valence-electron chi connectivity index (χ0n) is 11.3. The van der Waals surface area contributed by atoms with Crippen molar-refractivity contribution in [3.05, 3.63) is 27.5 Å². The van der Waals surface area contributed by atoms with Gasteiger partial charge in [-0.25, -0.2) is 17.6 Å². The normalized spacial score (nSPS) is 13.3. The van der Waals surface area contributed by atoms with E-state index in [-0.39, 0.29) is 5.92 Å². The fourth-order valence-electron chi connectivity index (χ4n) is 1.31. The number of hydrogen-bond donors (Lipinski definition) is 0. The Kier molecular flexibility index (Phi) is 5.89. The van der Waals surface area contributed by atoms with Gasteiger partial charge in [-0.2, -0.15) is 0 Å². The van der Waals surface area contributed by atoms with E-state index in [0.717, 1.165) is 0 Å². The molecule has 1 rings (SSSR count). The molecule has 4 nitrogen and oxygen atoms in total. The number of benzene rings is 1. The van der Waals surface area contributed by atoms with Gasteiger partial charge in [0.25, 0.3) is 9.05 Å². The summed E-state index contributed by atoms with van der Waals surface area (Å²) < 4.78 is 41.6. The Hall–Kier alpha value is -0.560. The monoisotopic (exact) mass is 376 g/mol. The zero-order valence-corrected chi connectivity index (χ0v) is 14.4. The Labute approximate surface area is 136 Å². The van der Waals surface area contributed by atoms with Crippen molar-refractivity contribution in [1.82, 2.24) is 0 Å². The molecule has 0 aromatic heterocycles. The van der Waals surface area contributed by atoms with Crippen molar-refractivity contribution in [2.75, 3.05) is 0 Å². The van der Waals surface area contributed by atoms with Crippen molar-refractivity contribution in [3.8, 4) is 0 Å². The molecule has 0 radical (unpaired) electrons. The minimum atomic E-state index is -4.43. The Morgan fingerprint density at radius 3 is 2.19 bits per heavy atom. The quantitative estimate of drug-likeness (QED) is 0.447. The van der Waals surface area contributed by atoms with Crippen LogP contribution in [0.3, 0.4) is 0 Å². The van der Waals surface area contributed by atoms with Gasteiger partial charge in [-0.1, -0.05) is 37.0 Å². The van der Waals surface area contributed by atoms with E-state index in [1.165, 1.54) is 0 Å². The lowest BCUT2D eigenvalue weighted by atomic mass is 10.1. The Balaban J connectivity index is 3.40. The Morgan fingerprint density at radius 2 is 1.76 bits per heavy atom. The van der Waals surface area contributed by atoms with Gasteiger partial charge < -0.3 is 4.74 Å². The van der Waals surface area contributed by atoms with Crippen molar-refractivity contribution < 1.29 is 22.3 Å². The number of hydrogen-bond acceptors (Lipinski definition) is 4. The van der Waals surface area contributed by atoms with E-state index in [0.29, 0.717) is 6.07 Å². The number of ether oxygens (including phenoxy) is 1. The van der Waals surface area contributed by atoms with Crippen molar-refractivity contribution in [3.63, 3.8) is 0 Å². The lowest BCUT2D eigenvalue weighted by Crippen LogP contribution is -2.21. The van der Waals surface area contributed by atoms with E-state index in [4.69, 9.17) is 38.6 Å². The summed E-state index contributed by atoms with van der Waals surface area (Å²) in [6.07, 6.45) is -0.469. The van der Waals surface area contributed by atoms with E-state index in [2.05, 4.69) is 0 Å². The third-order valence-corrected chi connectivity index (χ3v) is 5.16. The van der Waals surface area contributed by atoms with Gasteiger partial charge in [-0.3, -0.25) is 0 Å². The summed E-state index contributed by atoms with van der Waals surface area (Å²) >= 11 is 11.4. The fourth-order valence-corrected chi connectivity index (χ4v) is 3.68. The van der Waals surface area contributed by atoms with Crippen molar-refractivity contribution in [2.45, 2.75) is 31.8 Å². The first kappa shape index (κ1) is 18.5. The molecule has 0 amide bonds. The summed E-state index contributed by atoms with van der Waals surface area (Å²) in [4.78, 5) is 11.1. The first-order valence-corrected chi connectivity index (χ1v) is 8.86. The summed E-state index contributed by atoms with van der Waals surface area (Å²) in [7, 11) is 0.732. The lowest BCUT2D eigenvalue weighted by Gasteiger charge is -2.17. The number of carbonyl (C=O) groups excluding carboxylic acids is 1. The Morgan fingerprint density at radius 1 is 1.24 bits per heavy atom. The molecule has 118 valence electrons. The Bertz CT molecular complexity index is 674. The SMILES string of the molecule is CC(C)C(C)OC(=O)c1cc(F)c(Cl)c(S(=O)(=O)Cl)c1Cl. The number of esters is 1. The maximum Gasteiger partial charge on any atom is 0.340 e. The smallest absolute Gasteiger partial charge is 0.340 e. The molecule has 1 atom stereocenters. The molecule has 21 heavy (non-hydrogen) atoms. The minimum Gasteiger partial charge on any atom is -0.459 e. The van der Waals surface area contributed by atoms with Gasteiger partial charge >= 0.3 is 5.97 Å². The van der Waals surface area contributed by atoms with Crippen LogP contribution in [0.5, 0.6) is 0 Å². The van der Waals surface area contributed by atoms with Crippen LogP contribution in [0, 0.1) is 11.7 Å². The maximum absolute atomic E-state index is 13.7. The maximum atomic E-state index is 13.7. The molecule has 0 aliphatic rings. The van der Waals surface area contributed by atoms with Gasteiger partial charge in [-0.15, -0.1) is 0 Å². The second-order valence-corrected chi connectivity index (χ2v) is 7.91. The standard InChI is InChI=1S/C12H12Cl3FO4S/c1-5(2)6(3)20-12(17)7-4-8(16)10(14)11(9(7)13)21(15,18)19/h4-6H,1-3H3. The molecule has 9 heteroatoms. The highest BCUT2D eigenvalue weighted by molar-refractivity contribution is 8.14. The molecule has 0 aliphatic heterocycles. The molecule has 1 aromatic carbocycles. The van der Waals surface area contributed by atoms with Crippen LogP contribution < -0.4 is 0 Å². The second-order valence-electron chi connectivity index (χ2n) is 4.66. The zero-order chi connectivity index (χ0) is 16.5. The number of halogens is 4. The molecule has 0 N–H and O–H groups in total. The van der Waals surface area contributed by atoms with Crippen LogP contribution in [-0.2, 0) is 13.8 Å². The minimum absolute atomic E-state index is 0.0149. The van der Waals surface area contributed by atoms with Crippen molar-refractivity contribution in [1.29, 1.82) is 0 Å². The van der Waals surface area contributed by atoms with Gasteiger partial charge in [0, 0.05) is 10.7 Å². The van der Waals surface area contributed by atoms with E-state index in [1.54, 1.807) is 6.92 Å². The summed E-state index contributed by atoms with van der Waals surface area (Å²) in [5, 5.41) is -1.35. The highest BCUT2D eigenvalue weighted by atomic mass is 35.7. The average Bonchev–Trinajstić information content (AvgIpc) is 2.31. The van der Waals surface area contributed by atoms with Crippen LogP contribution in [0.25, 0.3) is 0 Å². The highest BCUT2D eigenvalue weighted by Gasteiger charge is 2.29. The van der Waals surface area contributed by atoms with Crippen LogP contribution in [0.2, 0.25) is 10.0 Å². The fraction of sp³-hybridized carbons (Fsp3) is 0.417. The van der Waals surface area contributed by atoms with Gasteiger partial charge in [0.2, 0.25) is 0 Å². The first-order valence-electron chi connectivity index (χ1n) is 5.80. The highest BCUT2D eigenvalue weighted by Crippen LogP contribution is 2.36. The predicted molar refractivity (Wildman–Crippen MR) is 79.2 cm³/mol. The average molecular weight is 378 g/mol. The van der Waals surface area contributed by atoms with Gasteiger partial charge in [-0.05, 0) is 18.9 Å². The molecule has 0 fully saturated rings. The summed E-state index contributed by atoms with van der Waals surface area (Å²) in [6.45, 7) is 5.27. The third kappa shape index (κ3) is 4.22. The molecule has 0 heterocycles. The van der Waals surface area contributed by atoms with Gasteiger partial charge in [0.1, 0.15) is 16.8 Å². The topological polar surface area (TPSA) is 60.4 Å². The molecule has 0 spiro atoms. The molecule has 0 saturated heterocycles. The second kappa shape index (κ2) is 6.69. The molecule has 0 aliphatic carbocycles. The summed E-state index contributed by atoms with van der Waals surface area (Å²) in [5.41, 5.74) is -0.453. The number of carbonyl (C=O) groups is 1. The molecule has 0 saturated carbocycles. The molecule has 0 bridgehead atoms. The van der Waals surface area contributed by atoms with Crippen LogP contribution in [0.4, 0.5) is 4.39 Å². The molecular formula is C12H12Cl3FO4S. The van der Waals surface area contributed by atoms with E-state index in [1.807, 2.05) is 13.8 Å². The van der Waals surface area contributed by atoms with Gasteiger partial charge in [0.15, 0.2) is 0 Å². The van der Waals surface area contributed by atoms with Crippen molar-refractivity contribution in [2.24, 2.45) is 5.92 Å². The molecular weight excluding hydrogens is 366 g/mol. The van der Waals surface area contributed by atoms with E-state index in [9.17, 15) is 17.6 Å². The van der Waals surface area contributed by atoms with Crippen LogP contribution in [0.15, 0.2) is 11.0 Å². The van der Waals surface area contributed by atoms with Crippen LogP contribution in [-0.4, -0.2) is 20.5 Å². The lowest BCUT2D eigenvalue weighted by molar-refractivity contribution is 0.0237. The predicted octanol–water partition coefficient (Wildman–Crippen LogP) is 4.26. The van der Waals surface area contributed by atoms with Crippen LogP contribution >= 0.6 is 33.9 Å². The first-order chi connectivity index (χ1) is 9.46.